The van der Waals surface area contributed by atoms with Crippen LogP contribution >= 0.6 is 0 Å². The van der Waals surface area contributed by atoms with Gasteiger partial charge in [0.15, 0.2) is 5.78 Å². The number of nitrogens with zero attached hydrogens (tertiary/aromatic N) is 3. The summed E-state index contributed by atoms with van der Waals surface area (Å²) in [6, 6.07) is 7.84. The van der Waals surface area contributed by atoms with Crippen molar-refractivity contribution in [2.24, 2.45) is 0 Å². The number of carbonyl (C=O) groups is 3. The Labute approximate surface area is 184 Å². The highest BCUT2D eigenvalue weighted by Gasteiger charge is 2.40. The van der Waals surface area contributed by atoms with Gasteiger partial charge in [-0.1, -0.05) is 32.0 Å². The molecule has 32 heavy (non-hydrogen) atoms. The number of ketones is 1. The molecule has 1 aliphatic carbocycles. The number of hydrogen-bond acceptors (Lipinski definition) is 6. The Morgan fingerprint density at radius 1 is 0.938 bits per heavy atom. The van der Waals surface area contributed by atoms with Gasteiger partial charge in [0.05, 0.1) is 4.92 Å². The van der Waals surface area contributed by atoms with Crippen LogP contribution in [-0.4, -0.2) is 40.5 Å². The Balaban J connectivity index is 1.70. The van der Waals surface area contributed by atoms with E-state index in [0.717, 1.165) is 16.9 Å². The first-order valence-electron chi connectivity index (χ1n) is 10.1. The number of rotatable bonds is 5. The maximum atomic E-state index is 12.2. The molecule has 2 amide bonds. The Bertz CT molecular complexity index is 1180. The fraction of sp³-hybridized carbons (Fsp3) is 0.208. The first kappa shape index (κ1) is 21.2. The maximum Gasteiger partial charge on any atom is 0.270 e. The average molecular weight is 431 g/mol. The first-order chi connectivity index (χ1) is 15.2. The molecule has 1 aromatic carbocycles. The van der Waals surface area contributed by atoms with Crippen molar-refractivity contribution < 1.29 is 19.3 Å². The molecule has 0 saturated heterocycles. The Kier molecular flexibility index (Phi) is 5.22. The molecule has 4 rings (SSSR count). The van der Waals surface area contributed by atoms with Crippen LogP contribution in [0, 0.1) is 10.1 Å². The van der Waals surface area contributed by atoms with Crippen LogP contribution in [0.4, 0.5) is 5.69 Å². The van der Waals surface area contributed by atoms with E-state index in [2.05, 4.69) is 0 Å². The lowest BCUT2D eigenvalue weighted by atomic mass is 9.83. The fourth-order valence-electron chi connectivity index (χ4n) is 4.18. The van der Waals surface area contributed by atoms with Gasteiger partial charge >= 0.3 is 0 Å². The molecule has 2 aliphatic heterocycles. The van der Waals surface area contributed by atoms with E-state index in [0.29, 0.717) is 6.54 Å². The van der Waals surface area contributed by atoms with Crippen LogP contribution in [0.1, 0.15) is 19.4 Å². The van der Waals surface area contributed by atoms with E-state index in [-0.39, 0.29) is 35.4 Å². The number of carbonyl (C=O) groups excluding carboxylic acids is 3. The smallest absolute Gasteiger partial charge is 0.270 e. The minimum atomic E-state index is -0.538. The molecule has 1 aromatic rings. The molecular formula is C24H21N3O5. The van der Waals surface area contributed by atoms with Crippen LogP contribution < -0.4 is 4.90 Å². The first-order valence-corrected chi connectivity index (χ1v) is 10.1. The molecule has 0 bridgehead atoms. The molecule has 0 N–H and O–H groups in total. The lowest BCUT2D eigenvalue weighted by Gasteiger charge is -2.28. The zero-order chi connectivity index (χ0) is 23.0. The van der Waals surface area contributed by atoms with Gasteiger partial charge < -0.3 is 4.90 Å². The minimum Gasteiger partial charge on any atom is -0.342 e. The maximum absolute atomic E-state index is 12.2. The van der Waals surface area contributed by atoms with Crippen molar-refractivity contribution in [2.75, 3.05) is 18.0 Å². The lowest BCUT2D eigenvalue weighted by Crippen LogP contribution is -2.38. The summed E-state index contributed by atoms with van der Waals surface area (Å²) in [4.78, 5) is 49.9. The lowest BCUT2D eigenvalue weighted by molar-refractivity contribution is -0.419. The Hall–Kier alpha value is -4.07. The molecule has 0 aromatic heterocycles. The van der Waals surface area contributed by atoms with Gasteiger partial charge in [0.1, 0.15) is 0 Å². The van der Waals surface area contributed by atoms with Gasteiger partial charge in [-0.25, -0.2) is 0 Å². The third kappa shape index (κ3) is 3.60. The Morgan fingerprint density at radius 3 is 2.28 bits per heavy atom. The third-order valence-corrected chi connectivity index (χ3v) is 5.87. The Morgan fingerprint density at radius 2 is 1.59 bits per heavy atom. The summed E-state index contributed by atoms with van der Waals surface area (Å²) in [7, 11) is 0. The van der Waals surface area contributed by atoms with Gasteiger partial charge in [0.25, 0.3) is 17.5 Å². The van der Waals surface area contributed by atoms with E-state index in [1.165, 1.54) is 35.3 Å². The summed E-state index contributed by atoms with van der Waals surface area (Å²) >= 11 is 0. The van der Waals surface area contributed by atoms with Crippen LogP contribution in [0.5, 0.6) is 0 Å². The van der Waals surface area contributed by atoms with Crippen LogP contribution in [-0.2, 0) is 19.8 Å². The van der Waals surface area contributed by atoms with Crippen LogP contribution in [0.2, 0.25) is 0 Å². The van der Waals surface area contributed by atoms with Crippen molar-refractivity contribution in [3.8, 4) is 0 Å². The van der Waals surface area contributed by atoms with Gasteiger partial charge in [-0.15, -0.1) is 0 Å². The molecule has 0 radical (unpaired) electrons. The van der Waals surface area contributed by atoms with E-state index >= 15 is 0 Å². The largest absolute Gasteiger partial charge is 0.342 e. The van der Waals surface area contributed by atoms with Crippen LogP contribution in [0.15, 0.2) is 83.8 Å². The number of amides is 2. The second-order valence-electron chi connectivity index (χ2n) is 8.15. The van der Waals surface area contributed by atoms with Crippen molar-refractivity contribution in [1.82, 2.24) is 4.90 Å². The van der Waals surface area contributed by atoms with Gasteiger partial charge in [-0.2, -0.15) is 0 Å². The molecule has 0 fully saturated rings. The second kappa shape index (κ2) is 7.88. The number of allylic oxidation sites excluding steroid dienone is 7. The number of imide groups is 1. The summed E-state index contributed by atoms with van der Waals surface area (Å²) in [5.74, 6) is -0.996. The predicted octanol–water partition coefficient (Wildman–Crippen LogP) is 2.82. The van der Waals surface area contributed by atoms with Gasteiger partial charge in [-0.05, 0) is 29.9 Å². The average Bonchev–Trinajstić information content (AvgIpc) is 3.19. The van der Waals surface area contributed by atoms with E-state index in [1.54, 1.807) is 12.2 Å². The number of para-hydroxylation sites is 1. The monoisotopic (exact) mass is 431 g/mol. The zero-order valence-electron chi connectivity index (χ0n) is 17.6. The highest BCUT2D eigenvalue weighted by molar-refractivity contribution is 6.13. The molecule has 0 atom stereocenters. The standard InChI is InChI=1S/C24H21N3O5/c1-24(2)18-5-3-4-6-19(18)25(13-14-26-22(29)11-12-23(26)30)21(24)10-7-16-15-17(27(31)32)8-9-20(16)28/h3-12,15H,13-14H2,1-2H3. The predicted molar refractivity (Wildman–Crippen MR) is 118 cm³/mol. The molecule has 8 heteroatoms. The normalized spacial score (nSPS) is 21.7. The van der Waals surface area contributed by atoms with Crippen LogP contribution in [0.3, 0.4) is 0 Å². The van der Waals surface area contributed by atoms with E-state index in [9.17, 15) is 24.5 Å². The summed E-state index contributed by atoms with van der Waals surface area (Å²) in [5.41, 5.74) is 2.51. The van der Waals surface area contributed by atoms with E-state index in [4.69, 9.17) is 0 Å². The molecule has 0 saturated carbocycles. The second-order valence-corrected chi connectivity index (χ2v) is 8.15. The van der Waals surface area contributed by atoms with E-state index < -0.39 is 10.3 Å². The zero-order valence-corrected chi connectivity index (χ0v) is 17.6. The molecule has 0 spiro atoms. The number of benzene rings is 1. The molecule has 0 unspecified atom stereocenters. The minimum absolute atomic E-state index is 0.154. The molecule has 8 nitrogen and oxygen atoms in total. The van der Waals surface area contributed by atoms with E-state index in [1.807, 2.05) is 43.0 Å². The van der Waals surface area contributed by atoms with Gasteiger partial charge in [0.2, 0.25) is 0 Å². The number of anilines is 1. The van der Waals surface area contributed by atoms with Crippen molar-refractivity contribution in [2.45, 2.75) is 19.3 Å². The van der Waals surface area contributed by atoms with Crippen molar-refractivity contribution >= 4 is 23.3 Å². The summed E-state index contributed by atoms with van der Waals surface area (Å²) in [6.07, 6.45) is 9.51. The summed E-state index contributed by atoms with van der Waals surface area (Å²) in [6.45, 7) is 4.67. The summed E-state index contributed by atoms with van der Waals surface area (Å²) in [5, 5.41) is 11.1. The highest BCUT2D eigenvalue weighted by Crippen LogP contribution is 2.47. The molecule has 2 heterocycles. The quantitative estimate of drug-likeness (QED) is 0.308. The highest BCUT2D eigenvalue weighted by atomic mass is 16.6. The molecule has 162 valence electrons. The van der Waals surface area contributed by atoms with Crippen molar-refractivity contribution in [3.05, 3.63) is 99.4 Å². The number of nitro groups is 1. The molecule has 3 aliphatic rings. The van der Waals surface area contributed by atoms with Crippen LogP contribution in [0.25, 0.3) is 0 Å². The van der Waals surface area contributed by atoms with Crippen molar-refractivity contribution in [1.29, 1.82) is 0 Å². The van der Waals surface area contributed by atoms with Gasteiger partial charge in [-0.3, -0.25) is 29.4 Å². The summed E-state index contributed by atoms with van der Waals surface area (Å²) < 4.78 is 0. The topological polar surface area (TPSA) is 101 Å². The number of hydrogen-bond donors (Lipinski definition) is 0. The number of fused-ring (bicyclic) bond motifs is 1. The SMILES string of the molecule is CC1(C)C(=CC=C2C=C([N+](=O)[O-])C=CC2=O)N(CCN2C(=O)C=CC2=O)c2ccccc21. The molecular weight excluding hydrogens is 410 g/mol. The van der Waals surface area contributed by atoms with Crippen molar-refractivity contribution in [3.63, 3.8) is 0 Å². The third-order valence-electron chi connectivity index (χ3n) is 5.87. The van der Waals surface area contributed by atoms with Gasteiger partial charge in [0, 0.05) is 59.8 Å². The fourth-order valence-corrected chi connectivity index (χ4v) is 4.18.